The van der Waals surface area contributed by atoms with Gasteiger partial charge >= 0.3 is 11.8 Å². The van der Waals surface area contributed by atoms with Crippen molar-refractivity contribution in [3.63, 3.8) is 0 Å². The lowest BCUT2D eigenvalue weighted by atomic mass is 10.2. The average molecular weight is 341 g/mol. The molecule has 0 aliphatic carbocycles. The number of nitrogen functional groups attached to an aromatic ring is 1. The zero-order chi connectivity index (χ0) is 16.3. The van der Waals surface area contributed by atoms with Crippen molar-refractivity contribution in [2.75, 3.05) is 37.2 Å². The van der Waals surface area contributed by atoms with Gasteiger partial charge in [0.05, 0.1) is 0 Å². The normalized spacial score (nSPS) is 14.5. The Labute approximate surface area is 141 Å². The van der Waals surface area contributed by atoms with Gasteiger partial charge in [-0.3, -0.25) is 14.4 Å². The van der Waals surface area contributed by atoms with Gasteiger partial charge in [0.25, 0.3) is 0 Å². The molecule has 0 bridgehead atoms. The van der Waals surface area contributed by atoms with Crippen LogP contribution in [0.2, 0.25) is 0 Å². The summed E-state index contributed by atoms with van der Waals surface area (Å²) >= 11 is 0. The maximum atomic E-state index is 12.1. The third-order valence-electron chi connectivity index (χ3n) is 3.65. The fourth-order valence-electron chi connectivity index (χ4n) is 2.30. The van der Waals surface area contributed by atoms with Gasteiger partial charge in [0, 0.05) is 31.0 Å². The second kappa shape index (κ2) is 7.82. The molecule has 1 aliphatic rings. The summed E-state index contributed by atoms with van der Waals surface area (Å²) in [5, 5.41) is 2.72. The zero-order valence-electron chi connectivity index (χ0n) is 13.2. The van der Waals surface area contributed by atoms with E-state index in [-0.39, 0.29) is 24.9 Å². The Bertz CT molecular complexity index is 621. The van der Waals surface area contributed by atoms with Crippen molar-refractivity contribution in [2.24, 2.45) is 0 Å². The van der Waals surface area contributed by atoms with Gasteiger partial charge in [-0.05, 0) is 31.5 Å². The van der Waals surface area contributed by atoms with Crippen molar-refractivity contribution in [3.8, 4) is 0 Å². The number of carbonyl (C=O) groups is 3. The molecule has 1 heterocycles. The maximum absolute atomic E-state index is 12.1. The highest BCUT2D eigenvalue weighted by Gasteiger charge is 2.32. The van der Waals surface area contributed by atoms with Crippen LogP contribution in [0.25, 0.3) is 0 Å². The van der Waals surface area contributed by atoms with Gasteiger partial charge in [-0.25, -0.2) is 0 Å². The third-order valence-corrected chi connectivity index (χ3v) is 3.65. The van der Waals surface area contributed by atoms with Crippen LogP contribution in [0.1, 0.15) is 12.5 Å². The highest BCUT2D eigenvalue weighted by atomic mass is 35.5. The number of hydrogen-bond acceptors (Lipinski definition) is 4. The molecule has 0 atom stereocenters. The van der Waals surface area contributed by atoms with E-state index in [4.69, 9.17) is 5.73 Å². The number of hydrogen-bond donors (Lipinski definition) is 2. The van der Waals surface area contributed by atoms with E-state index in [0.717, 1.165) is 5.56 Å². The van der Waals surface area contributed by atoms with Crippen molar-refractivity contribution in [3.05, 3.63) is 23.8 Å². The number of benzene rings is 1. The molecule has 1 saturated heterocycles. The molecule has 23 heavy (non-hydrogen) atoms. The number of piperazine rings is 1. The van der Waals surface area contributed by atoms with Crippen LogP contribution in [0.3, 0.4) is 0 Å². The minimum Gasteiger partial charge on any atom is -0.399 e. The fraction of sp³-hybridized carbons (Fsp3) is 0.400. The Kier molecular flexibility index (Phi) is 6.38. The van der Waals surface area contributed by atoms with Crippen molar-refractivity contribution in [2.45, 2.75) is 13.8 Å². The number of nitrogens with zero attached hydrogens (tertiary/aromatic N) is 2. The van der Waals surface area contributed by atoms with Crippen molar-refractivity contribution < 1.29 is 14.4 Å². The van der Waals surface area contributed by atoms with Crippen LogP contribution in [0.4, 0.5) is 11.4 Å². The predicted octanol–water partition coefficient (Wildman–Crippen LogP) is 0.628. The molecule has 0 aromatic heterocycles. The van der Waals surface area contributed by atoms with E-state index >= 15 is 0 Å². The van der Waals surface area contributed by atoms with Crippen LogP contribution < -0.4 is 11.1 Å². The molecule has 0 radical (unpaired) electrons. The van der Waals surface area contributed by atoms with Crippen LogP contribution >= 0.6 is 12.4 Å². The molecule has 0 unspecified atom stereocenters. The third kappa shape index (κ3) is 4.35. The fourth-order valence-corrected chi connectivity index (χ4v) is 2.30. The van der Waals surface area contributed by atoms with E-state index in [2.05, 4.69) is 5.32 Å². The highest BCUT2D eigenvalue weighted by molar-refractivity contribution is 6.35. The summed E-state index contributed by atoms with van der Waals surface area (Å²) in [7, 11) is 0. The van der Waals surface area contributed by atoms with E-state index in [1.165, 1.54) is 9.80 Å². The molecule has 1 aromatic carbocycles. The Morgan fingerprint density at radius 3 is 2.48 bits per heavy atom. The van der Waals surface area contributed by atoms with Crippen LogP contribution in [0, 0.1) is 6.92 Å². The topological polar surface area (TPSA) is 95.7 Å². The van der Waals surface area contributed by atoms with Crippen molar-refractivity contribution >= 4 is 41.5 Å². The van der Waals surface area contributed by atoms with Crippen molar-refractivity contribution in [1.29, 1.82) is 0 Å². The first kappa shape index (κ1) is 18.8. The standard InChI is InChI=1S/C15H20N4O3.ClH/c1-3-18-6-7-19(15(22)14(18)21)9-13(20)17-12-8-11(16)5-4-10(12)2;/h4-5,8H,3,6-7,9,16H2,1-2H3,(H,17,20);1H. The number of nitrogens with one attached hydrogen (secondary N) is 1. The highest BCUT2D eigenvalue weighted by Crippen LogP contribution is 2.18. The summed E-state index contributed by atoms with van der Waals surface area (Å²) in [6.45, 7) is 4.83. The molecule has 8 heteroatoms. The van der Waals surface area contributed by atoms with E-state index in [1.807, 2.05) is 13.8 Å². The first-order valence-corrected chi connectivity index (χ1v) is 7.16. The largest absolute Gasteiger partial charge is 0.399 e. The average Bonchev–Trinajstić information content (AvgIpc) is 2.48. The van der Waals surface area contributed by atoms with E-state index in [0.29, 0.717) is 31.0 Å². The number of rotatable bonds is 4. The Balaban J connectivity index is 0.00000264. The Morgan fingerprint density at radius 1 is 1.22 bits per heavy atom. The molecule has 3 N–H and O–H groups in total. The first-order chi connectivity index (χ1) is 10.4. The molecular formula is C15H21ClN4O3. The van der Waals surface area contributed by atoms with Gasteiger partial charge in [-0.1, -0.05) is 6.07 Å². The second-order valence-electron chi connectivity index (χ2n) is 5.23. The molecule has 2 rings (SSSR count). The minimum atomic E-state index is -0.632. The number of anilines is 2. The molecular weight excluding hydrogens is 320 g/mol. The molecule has 1 fully saturated rings. The van der Waals surface area contributed by atoms with Crippen LogP contribution in [0.5, 0.6) is 0 Å². The van der Waals surface area contributed by atoms with E-state index in [1.54, 1.807) is 18.2 Å². The molecule has 0 spiro atoms. The molecule has 3 amide bonds. The summed E-state index contributed by atoms with van der Waals surface area (Å²) in [5.41, 5.74) is 7.72. The van der Waals surface area contributed by atoms with E-state index in [9.17, 15) is 14.4 Å². The van der Waals surface area contributed by atoms with E-state index < -0.39 is 11.8 Å². The lowest BCUT2D eigenvalue weighted by molar-refractivity contribution is -0.156. The van der Waals surface area contributed by atoms with Gasteiger partial charge in [-0.15, -0.1) is 12.4 Å². The van der Waals surface area contributed by atoms with Crippen LogP contribution in [-0.2, 0) is 14.4 Å². The van der Waals surface area contributed by atoms with Crippen molar-refractivity contribution in [1.82, 2.24) is 9.80 Å². The molecule has 7 nitrogen and oxygen atoms in total. The minimum absolute atomic E-state index is 0. The summed E-state index contributed by atoms with van der Waals surface area (Å²) < 4.78 is 0. The number of carbonyl (C=O) groups excluding carboxylic acids is 3. The number of aryl methyl sites for hydroxylation is 1. The van der Waals surface area contributed by atoms with Gasteiger partial charge < -0.3 is 20.9 Å². The lowest BCUT2D eigenvalue weighted by Gasteiger charge is -2.32. The monoisotopic (exact) mass is 340 g/mol. The molecule has 126 valence electrons. The number of amides is 3. The van der Waals surface area contributed by atoms with Gasteiger partial charge in [0.2, 0.25) is 5.91 Å². The molecule has 0 saturated carbocycles. The second-order valence-corrected chi connectivity index (χ2v) is 5.23. The Morgan fingerprint density at radius 2 is 1.83 bits per heavy atom. The number of halogens is 1. The maximum Gasteiger partial charge on any atom is 0.312 e. The van der Waals surface area contributed by atoms with Crippen LogP contribution in [-0.4, -0.2) is 53.7 Å². The lowest BCUT2D eigenvalue weighted by Crippen LogP contribution is -2.55. The molecule has 1 aliphatic heterocycles. The van der Waals surface area contributed by atoms with Gasteiger partial charge in [0.1, 0.15) is 6.54 Å². The summed E-state index contributed by atoms with van der Waals surface area (Å²) in [6.07, 6.45) is 0. The number of nitrogens with two attached hydrogens (primary N) is 1. The quantitative estimate of drug-likeness (QED) is 0.620. The predicted molar refractivity (Wildman–Crippen MR) is 90.3 cm³/mol. The SMILES string of the molecule is CCN1CCN(CC(=O)Nc2cc(N)ccc2C)C(=O)C1=O.Cl. The smallest absolute Gasteiger partial charge is 0.312 e. The first-order valence-electron chi connectivity index (χ1n) is 7.16. The summed E-state index contributed by atoms with van der Waals surface area (Å²) in [5.74, 6) is -1.53. The van der Waals surface area contributed by atoms with Gasteiger partial charge in [-0.2, -0.15) is 0 Å². The Hall–Kier alpha value is -2.28. The summed E-state index contributed by atoms with van der Waals surface area (Å²) in [4.78, 5) is 38.5. The van der Waals surface area contributed by atoms with Crippen LogP contribution in [0.15, 0.2) is 18.2 Å². The zero-order valence-corrected chi connectivity index (χ0v) is 14.0. The molecule has 1 aromatic rings. The summed E-state index contributed by atoms with van der Waals surface area (Å²) in [6, 6.07) is 5.21. The number of likely N-dealkylation sites (N-methyl/N-ethyl adjacent to an activating group) is 1. The van der Waals surface area contributed by atoms with Gasteiger partial charge in [0.15, 0.2) is 0 Å².